The number of hydrogen-bond acceptors (Lipinski definition) is 7. The van der Waals surface area contributed by atoms with Gasteiger partial charge in [-0.15, -0.1) is 0 Å². The quantitative estimate of drug-likeness (QED) is 0.327. The number of amides is 1. The largest absolute Gasteiger partial charge is 0.493 e. The number of carbonyl (C=O) groups is 1. The maximum absolute atomic E-state index is 12.5. The number of methoxy groups -OCH3 is 3. The van der Waals surface area contributed by atoms with E-state index in [1.807, 2.05) is 30.3 Å². The van der Waals surface area contributed by atoms with Crippen molar-refractivity contribution >= 4 is 29.1 Å². The maximum Gasteiger partial charge on any atom is 0.220 e. The number of aromatic nitrogens is 2. The Morgan fingerprint density at radius 2 is 1.72 bits per heavy atom. The monoisotopic (exact) mass is 572 g/mol. The summed E-state index contributed by atoms with van der Waals surface area (Å²) in [5.41, 5.74) is 2.80. The molecule has 1 N–H and O–H groups in total. The fraction of sp³-hybridized carbons (Fsp3) is 0.414. The molecule has 0 spiro atoms. The molecule has 10 heteroatoms. The van der Waals surface area contributed by atoms with E-state index >= 15 is 0 Å². The first-order valence-corrected chi connectivity index (χ1v) is 13.7. The molecule has 0 radical (unpaired) electrons. The zero-order valence-electron chi connectivity index (χ0n) is 22.5. The summed E-state index contributed by atoms with van der Waals surface area (Å²) >= 11 is 12.2. The van der Waals surface area contributed by atoms with E-state index in [1.165, 1.54) is 0 Å². The minimum Gasteiger partial charge on any atom is -0.493 e. The third kappa shape index (κ3) is 7.75. The summed E-state index contributed by atoms with van der Waals surface area (Å²) < 4.78 is 16.3. The first kappa shape index (κ1) is 28.9. The number of piperidine rings is 1. The third-order valence-electron chi connectivity index (χ3n) is 6.86. The average Bonchev–Trinajstić information content (AvgIpc) is 2.96. The minimum absolute atomic E-state index is 0.00825. The van der Waals surface area contributed by atoms with E-state index in [1.54, 1.807) is 33.7 Å². The summed E-state index contributed by atoms with van der Waals surface area (Å²) in [7, 11) is 4.72. The molecule has 0 saturated carbocycles. The number of rotatable bonds is 11. The van der Waals surface area contributed by atoms with Gasteiger partial charge in [0.15, 0.2) is 11.5 Å². The van der Waals surface area contributed by atoms with Crippen LogP contribution in [-0.2, 0) is 17.8 Å². The number of benzene rings is 2. The van der Waals surface area contributed by atoms with Crippen LogP contribution in [0.1, 0.15) is 30.7 Å². The van der Waals surface area contributed by atoms with Gasteiger partial charge in [-0.3, -0.25) is 9.69 Å². The van der Waals surface area contributed by atoms with Crippen molar-refractivity contribution in [3.63, 3.8) is 0 Å². The first-order chi connectivity index (χ1) is 18.9. The molecule has 4 rings (SSSR count). The molecule has 1 saturated heterocycles. The number of nitrogens with zero attached hydrogens (tertiary/aromatic N) is 3. The minimum atomic E-state index is 0.00825. The second-order valence-corrected chi connectivity index (χ2v) is 10.4. The van der Waals surface area contributed by atoms with Gasteiger partial charge in [0, 0.05) is 50.4 Å². The van der Waals surface area contributed by atoms with Crippen LogP contribution in [0.2, 0.25) is 10.0 Å². The van der Waals surface area contributed by atoms with Crippen LogP contribution in [0.25, 0.3) is 11.1 Å². The standard InChI is InChI=1S/C29H34Cl2N4O4/c1-37-25-12-21(13-26(38-2)29(25)39-3)22-15-32-27(33-16-22)8-9-28(36)34-14-20-5-4-10-35(18-20)17-19-6-7-23(30)24(31)11-19/h6-7,11-13,15-16,20H,4-5,8-10,14,17-18H2,1-3H3,(H,34,36). The third-order valence-corrected chi connectivity index (χ3v) is 7.60. The Hall–Kier alpha value is -3.07. The summed E-state index contributed by atoms with van der Waals surface area (Å²) in [6, 6.07) is 9.48. The van der Waals surface area contributed by atoms with Gasteiger partial charge in [-0.2, -0.15) is 0 Å². The fourth-order valence-electron chi connectivity index (χ4n) is 4.81. The molecule has 2 aromatic carbocycles. The topological polar surface area (TPSA) is 85.8 Å². The number of ether oxygens (including phenoxy) is 3. The molecule has 3 aromatic rings. The molecule has 8 nitrogen and oxygen atoms in total. The molecule has 1 atom stereocenters. The van der Waals surface area contributed by atoms with Crippen LogP contribution < -0.4 is 19.5 Å². The summed E-state index contributed by atoms with van der Waals surface area (Å²) in [6.45, 7) is 3.46. The molecular formula is C29H34Cl2N4O4. The predicted molar refractivity (Wildman–Crippen MR) is 153 cm³/mol. The van der Waals surface area contributed by atoms with Gasteiger partial charge >= 0.3 is 0 Å². The Kier molecular flexibility index (Phi) is 10.3. The highest BCUT2D eigenvalue weighted by atomic mass is 35.5. The molecular weight excluding hydrogens is 539 g/mol. The average molecular weight is 574 g/mol. The van der Waals surface area contributed by atoms with Crippen LogP contribution in [0.15, 0.2) is 42.7 Å². The second kappa shape index (κ2) is 13.8. The molecule has 39 heavy (non-hydrogen) atoms. The van der Waals surface area contributed by atoms with Gasteiger partial charge in [0.2, 0.25) is 11.7 Å². The zero-order chi connectivity index (χ0) is 27.8. The van der Waals surface area contributed by atoms with Gasteiger partial charge in [-0.25, -0.2) is 9.97 Å². The summed E-state index contributed by atoms with van der Waals surface area (Å²) in [6.07, 6.45) is 6.49. The molecule has 0 aliphatic carbocycles. The van der Waals surface area contributed by atoms with Crippen molar-refractivity contribution < 1.29 is 19.0 Å². The van der Waals surface area contributed by atoms with E-state index < -0.39 is 0 Å². The number of halogens is 2. The van der Waals surface area contributed by atoms with Crippen LogP contribution in [0.5, 0.6) is 17.2 Å². The molecule has 1 fully saturated rings. The van der Waals surface area contributed by atoms with Crippen molar-refractivity contribution in [3.8, 4) is 28.4 Å². The lowest BCUT2D eigenvalue weighted by Crippen LogP contribution is -2.40. The Morgan fingerprint density at radius 3 is 2.36 bits per heavy atom. The van der Waals surface area contributed by atoms with Crippen LogP contribution >= 0.6 is 23.2 Å². The highest BCUT2D eigenvalue weighted by Crippen LogP contribution is 2.41. The molecule has 0 bridgehead atoms. The molecule has 1 aromatic heterocycles. The molecule has 2 heterocycles. The Balaban J connectivity index is 1.25. The van der Waals surface area contributed by atoms with Gasteiger partial charge < -0.3 is 19.5 Å². The van der Waals surface area contributed by atoms with E-state index in [-0.39, 0.29) is 5.91 Å². The van der Waals surface area contributed by atoms with Crippen LogP contribution in [0, 0.1) is 5.92 Å². The number of carbonyl (C=O) groups excluding carboxylic acids is 1. The second-order valence-electron chi connectivity index (χ2n) is 9.60. The summed E-state index contributed by atoms with van der Waals surface area (Å²) in [4.78, 5) is 23.9. The van der Waals surface area contributed by atoms with Crippen molar-refractivity contribution in [2.24, 2.45) is 5.92 Å². The zero-order valence-corrected chi connectivity index (χ0v) is 24.0. The van der Waals surface area contributed by atoms with Crippen molar-refractivity contribution in [2.75, 3.05) is 41.0 Å². The van der Waals surface area contributed by atoms with Gasteiger partial charge in [0.25, 0.3) is 0 Å². The van der Waals surface area contributed by atoms with E-state index in [2.05, 4.69) is 20.2 Å². The van der Waals surface area contributed by atoms with E-state index in [0.717, 1.165) is 49.2 Å². The van der Waals surface area contributed by atoms with Crippen LogP contribution in [0.3, 0.4) is 0 Å². The lowest BCUT2D eigenvalue weighted by molar-refractivity contribution is -0.121. The summed E-state index contributed by atoms with van der Waals surface area (Å²) in [5, 5.41) is 4.25. The lowest BCUT2D eigenvalue weighted by Gasteiger charge is -2.33. The normalized spacial score (nSPS) is 15.6. The molecule has 1 aliphatic rings. The molecule has 208 valence electrons. The Bertz CT molecular complexity index is 1250. The van der Waals surface area contributed by atoms with Gasteiger partial charge in [0.1, 0.15) is 5.82 Å². The smallest absolute Gasteiger partial charge is 0.220 e. The maximum atomic E-state index is 12.5. The highest BCUT2D eigenvalue weighted by molar-refractivity contribution is 6.42. The van der Waals surface area contributed by atoms with Crippen molar-refractivity contribution in [1.29, 1.82) is 0 Å². The number of aryl methyl sites for hydroxylation is 1. The molecule has 1 amide bonds. The van der Waals surface area contributed by atoms with E-state index in [0.29, 0.717) is 58.4 Å². The van der Waals surface area contributed by atoms with E-state index in [9.17, 15) is 4.79 Å². The Labute approximate surface area is 239 Å². The van der Waals surface area contributed by atoms with Gasteiger partial charge in [-0.1, -0.05) is 29.3 Å². The van der Waals surface area contributed by atoms with Gasteiger partial charge in [-0.05, 0) is 60.7 Å². The predicted octanol–water partition coefficient (Wildman–Crippen LogP) is 5.44. The molecule has 1 unspecified atom stereocenters. The van der Waals surface area contributed by atoms with Crippen molar-refractivity contribution in [1.82, 2.24) is 20.2 Å². The lowest BCUT2D eigenvalue weighted by atomic mass is 9.97. The van der Waals surface area contributed by atoms with Gasteiger partial charge in [0.05, 0.1) is 31.4 Å². The van der Waals surface area contributed by atoms with Crippen LogP contribution in [0.4, 0.5) is 0 Å². The number of nitrogens with one attached hydrogen (secondary N) is 1. The van der Waals surface area contributed by atoms with Crippen LogP contribution in [-0.4, -0.2) is 61.7 Å². The number of likely N-dealkylation sites (tertiary alicyclic amines) is 1. The first-order valence-electron chi connectivity index (χ1n) is 12.9. The van der Waals surface area contributed by atoms with Crippen molar-refractivity contribution in [3.05, 3.63) is 64.2 Å². The summed E-state index contributed by atoms with van der Waals surface area (Å²) in [5.74, 6) is 2.69. The van der Waals surface area contributed by atoms with E-state index in [4.69, 9.17) is 37.4 Å². The SMILES string of the molecule is COc1cc(-c2cnc(CCC(=O)NCC3CCCN(Cc4ccc(Cl)c(Cl)c4)C3)nc2)cc(OC)c1OC. The Morgan fingerprint density at radius 1 is 1.00 bits per heavy atom. The number of hydrogen-bond donors (Lipinski definition) is 1. The highest BCUT2D eigenvalue weighted by Gasteiger charge is 2.21. The fourth-order valence-corrected chi connectivity index (χ4v) is 5.13. The van der Waals surface area contributed by atoms with Crippen molar-refractivity contribution in [2.45, 2.75) is 32.2 Å². The molecule has 1 aliphatic heterocycles.